The second-order valence-corrected chi connectivity index (χ2v) is 4.99. The number of nitrogens with one attached hydrogen (secondary N) is 1. The van der Waals surface area contributed by atoms with E-state index < -0.39 is 0 Å². The molecule has 17 heavy (non-hydrogen) atoms. The fourth-order valence-corrected chi connectivity index (χ4v) is 2.39. The monoisotopic (exact) mass is 254 g/mol. The van der Waals surface area contributed by atoms with Crippen molar-refractivity contribution in [1.29, 1.82) is 0 Å². The van der Waals surface area contributed by atoms with Gasteiger partial charge in [0.25, 0.3) is 0 Å². The van der Waals surface area contributed by atoms with E-state index in [0.717, 1.165) is 43.2 Å². The van der Waals surface area contributed by atoms with E-state index in [-0.39, 0.29) is 0 Å². The van der Waals surface area contributed by atoms with Crippen LogP contribution in [0.25, 0.3) is 0 Å². The van der Waals surface area contributed by atoms with Crippen LogP contribution >= 0.6 is 11.6 Å². The number of hydrogen-bond donors (Lipinski definition) is 1. The normalized spacial score (nSPS) is 19.2. The summed E-state index contributed by atoms with van der Waals surface area (Å²) in [5.41, 5.74) is 1.11. The van der Waals surface area contributed by atoms with Crippen molar-refractivity contribution in [3.63, 3.8) is 0 Å². The number of rotatable bonds is 4. The van der Waals surface area contributed by atoms with E-state index in [0.29, 0.717) is 12.0 Å². The zero-order valence-corrected chi connectivity index (χ0v) is 10.9. The average molecular weight is 255 g/mol. The van der Waals surface area contributed by atoms with Gasteiger partial charge in [-0.1, -0.05) is 11.6 Å². The number of ether oxygens (including phenoxy) is 1. The lowest BCUT2D eigenvalue weighted by Crippen LogP contribution is -2.36. The molecule has 1 aliphatic heterocycles. The Hall–Kier alpha value is -0.640. The highest BCUT2D eigenvalue weighted by Crippen LogP contribution is 2.19. The topological polar surface area (TPSA) is 34.2 Å². The van der Waals surface area contributed by atoms with Gasteiger partial charge in [-0.3, -0.25) is 4.98 Å². The van der Waals surface area contributed by atoms with E-state index >= 15 is 0 Å². The summed E-state index contributed by atoms with van der Waals surface area (Å²) >= 11 is 6.07. The molecule has 1 N–H and O–H groups in total. The largest absolute Gasteiger partial charge is 0.381 e. The SMILES string of the molecule is CC(NCc1ccncc1Cl)C1CCOCC1. The molecule has 3 nitrogen and oxygen atoms in total. The van der Waals surface area contributed by atoms with Crippen LogP contribution in [-0.2, 0) is 11.3 Å². The van der Waals surface area contributed by atoms with E-state index in [1.54, 1.807) is 12.4 Å². The summed E-state index contributed by atoms with van der Waals surface area (Å²) < 4.78 is 5.37. The highest BCUT2D eigenvalue weighted by atomic mass is 35.5. The van der Waals surface area contributed by atoms with Gasteiger partial charge in [-0.05, 0) is 37.3 Å². The van der Waals surface area contributed by atoms with Crippen molar-refractivity contribution in [2.75, 3.05) is 13.2 Å². The second kappa shape index (κ2) is 6.34. The molecular formula is C13H19ClN2O. The van der Waals surface area contributed by atoms with Gasteiger partial charge in [0.05, 0.1) is 5.02 Å². The predicted molar refractivity (Wildman–Crippen MR) is 69.1 cm³/mol. The minimum absolute atomic E-state index is 0.503. The van der Waals surface area contributed by atoms with Crippen molar-refractivity contribution in [3.8, 4) is 0 Å². The third kappa shape index (κ3) is 3.66. The van der Waals surface area contributed by atoms with Crippen LogP contribution in [0.5, 0.6) is 0 Å². The van der Waals surface area contributed by atoms with Gasteiger partial charge in [-0.25, -0.2) is 0 Å². The molecule has 4 heteroatoms. The van der Waals surface area contributed by atoms with Crippen molar-refractivity contribution >= 4 is 11.6 Å². The molecule has 1 unspecified atom stereocenters. The van der Waals surface area contributed by atoms with Crippen LogP contribution in [0.1, 0.15) is 25.3 Å². The first-order valence-corrected chi connectivity index (χ1v) is 6.54. The number of hydrogen-bond acceptors (Lipinski definition) is 3. The fraction of sp³-hybridized carbons (Fsp3) is 0.615. The zero-order chi connectivity index (χ0) is 12.1. The summed E-state index contributed by atoms with van der Waals surface area (Å²) in [6.45, 7) is 4.84. The van der Waals surface area contributed by atoms with Gasteiger partial charge in [0.15, 0.2) is 0 Å². The second-order valence-electron chi connectivity index (χ2n) is 4.59. The van der Waals surface area contributed by atoms with Crippen LogP contribution in [-0.4, -0.2) is 24.2 Å². The highest BCUT2D eigenvalue weighted by molar-refractivity contribution is 6.31. The van der Waals surface area contributed by atoms with Gasteiger partial charge >= 0.3 is 0 Å². The van der Waals surface area contributed by atoms with Crippen LogP contribution in [0.15, 0.2) is 18.5 Å². The van der Waals surface area contributed by atoms with Crippen LogP contribution < -0.4 is 5.32 Å². The first-order chi connectivity index (χ1) is 8.27. The maximum atomic E-state index is 6.07. The Kier molecular flexibility index (Phi) is 4.77. The molecule has 1 aromatic heterocycles. The van der Waals surface area contributed by atoms with E-state index in [4.69, 9.17) is 16.3 Å². The first kappa shape index (κ1) is 12.8. The summed E-state index contributed by atoms with van der Waals surface area (Å²) in [4.78, 5) is 3.99. The van der Waals surface area contributed by atoms with Crippen molar-refractivity contribution in [2.45, 2.75) is 32.4 Å². The standard InChI is InChI=1S/C13H19ClN2O/c1-10(11-3-6-17-7-4-11)16-8-12-2-5-15-9-13(12)14/h2,5,9-11,16H,3-4,6-8H2,1H3. The molecule has 0 amide bonds. The zero-order valence-electron chi connectivity index (χ0n) is 10.2. The van der Waals surface area contributed by atoms with E-state index in [2.05, 4.69) is 17.2 Å². The maximum absolute atomic E-state index is 6.07. The molecule has 1 fully saturated rings. The Morgan fingerprint density at radius 1 is 1.53 bits per heavy atom. The van der Waals surface area contributed by atoms with Gasteiger partial charge in [0.1, 0.15) is 0 Å². The lowest BCUT2D eigenvalue weighted by atomic mass is 9.93. The third-order valence-electron chi connectivity index (χ3n) is 3.44. The smallest absolute Gasteiger partial charge is 0.0634 e. The van der Waals surface area contributed by atoms with Gasteiger partial charge in [0.2, 0.25) is 0 Å². The predicted octanol–water partition coefficient (Wildman–Crippen LogP) is 2.64. The van der Waals surface area contributed by atoms with Crippen molar-refractivity contribution in [3.05, 3.63) is 29.0 Å². The van der Waals surface area contributed by atoms with Crippen molar-refractivity contribution < 1.29 is 4.74 Å². The van der Waals surface area contributed by atoms with E-state index in [1.165, 1.54) is 0 Å². The molecule has 1 saturated heterocycles. The van der Waals surface area contributed by atoms with Gasteiger partial charge in [-0.2, -0.15) is 0 Å². The summed E-state index contributed by atoms with van der Waals surface area (Å²) in [6, 6.07) is 2.47. The molecule has 1 atom stereocenters. The average Bonchev–Trinajstić information content (AvgIpc) is 2.38. The first-order valence-electron chi connectivity index (χ1n) is 6.17. The quantitative estimate of drug-likeness (QED) is 0.897. The van der Waals surface area contributed by atoms with Gasteiger partial charge < -0.3 is 10.1 Å². The fourth-order valence-electron chi connectivity index (χ4n) is 2.20. The highest BCUT2D eigenvalue weighted by Gasteiger charge is 2.19. The van der Waals surface area contributed by atoms with E-state index in [9.17, 15) is 0 Å². The number of nitrogens with zero attached hydrogens (tertiary/aromatic N) is 1. The molecular weight excluding hydrogens is 236 g/mol. The molecule has 2 heterocycles. The Labute approximate surface area is 108 Å². The Balaban J connectivity index is 1.83. The molecule has 0 saturated carbocycles. The molecule has 94 valence electrons. The van der Waals surface area contributed by atoms with Gasteiger partial charge in [0, 0.05) is 38.2 Å². The number of pyridine rings is 1. The summed E-state index contributed by atoms with van der Waals surface area (Å²) in [6.07, 6.45) is 5.77. The van der Waals surface area contributed by atoms with Crippen LogP contribution in [0.2, 0.25) is 5.02 Å². The van der Waals surface area contributed by atoms with E-state index in [1.807, 2.05) is 6.07 Å². The Morgan fingerprint density at radius 2 is 2.29 bits per heavy atom. The molecule has 1 aliphatic rings. The minimum Gasteiger partial charge on any atom is -0.381 e. The summed E-state index contributed by atoms with van der Waals surface area (Å²) in [5.74, 6) is 0.712. The molecule has 1 aromatic rings. The summed E-state index contributed by atoms with van der Waals surface area (Å²) in [7, 11) is 0. The Morgan fingerprint density at radius 3 is 3.00 bits per heavy atom. The minimum atomic E-state index is 0.503. The molecule has 0 aromatic carbocycles. The maximum Gasteiger partial charge on any atom is 0.0634 e. The van der Waals surface area contributed by atoms with Crippen molar-refractivity contribution in [1.82, 2.24) is 10.3 Å². The number of halogens is 1. The van der Waals surface area contributed by atoms with Crippen molar-refractivity contribution in [2.24, 2.45) is 5.92 Å². The lowest BCUT2D eigenvalue weighted by Gasteiger charge is -2.28. The van der Waals surface area contributed by atoms with Gasteiger partial charge in [-0.15, -0.1) is 0 Å². The Bertz CT molecular complexity index is 353. The molecule has 2 rings (SSSR count). The third-order valence-corrected chi connectivity index (χ3v) is 3.78. The molecule has 0 bridgehead atoms. The van der Waals surface area contributed by atoms with Crippen LogP contribution in [0.4, 0.5) is 0 Å². The molecule has 0 radical (unpaired) electrons. The molecule has 0 spiro atoms. The number of aromatic nitrogens is 1. The molecule has 0 aliphatic carbocycles. The summed E-state index contributed by atoms with van der Waals surface area (Å²) in [5, 5.41) is 4.28. The van der Waals surface area contributed by atoms with Crippen LogP contribution in [0, 0.1) is 5.92 Å². The lowest BCUT2D eigenvalue weighted by molar-refractivity contribution is 0.0558. The van der Waals surface area contributed by atoms with Crippen LogP contribution in [0.3, 0.4) is 0 Å².